The molecule has 1 heterocycles. The maximum atomic E-state index is 12.5. The predicted molar refractivity (Wildman–Crippen MR) is 123 cm³/mol. The molecule has 3 atom stereocenters. The Bertz CT molecular complexity index is 870. The van der Waals surface area contributed by atoms with E-state index in [0.29, 0.717) is 23.2 Å². The molecule has 31 heavy (non-hydrogen) atoms. The number of rotatable bonds is 9. The smallest absolute Gasteiger partial charge is 0.230 e. The highest BCUT2D eigenvalue weighted by molar-refractivity contribution is 7.99. The van der Waals surface area contributed by atoms with Gasteiger partial charge in [0.1, 0.15) is 0 Å². The molecule has 3 rings (SSSR count). The van der Waals surface area contributed by atoms with Gasteiger partial charge in [-0.1, -0.05) is 43.7 Å². The first-order valence-corrected chi connectivity index (χ1v) is 12.1. The van der Waals surface area contributed by atoms with Crippen LogP contribution in [0.3, 0.4) is 0 Å². The van der Waals surface area contributed by atoms with E-state index in [1.165, 1.54) is 31.0 Å². The number of amides is 1. The van der Waals surface area contributed by atoms with Crippen LogP contribution in [0.1, 0.15) is 71.3 Å². The summed E-state index contributed by atoms with van der Waals surface area (Å²) in [7, 11) is 1.62. The number of aromatic nitrogens is 3. The number of carbonyl (C=O) groups excluding carboxylic acids is 1. The average molecular weight is 447 g/mol. The second-order valence-electron chi connectivity index (χ2n) is 8.44. The summed E-state index contributed by atoms with van der Waals surface area (Å²) in [4.78, 5) is 12.5. The fourth-order valence-corrected chi connectivity index (χ4v) is 4.90. The van der Waals surface area contributed by atoms with Crippen LogP contribution >= 0.6 is 11.8 Å². The number of nitrogens with one attached hydrogen (secondary N) is 1. The largest absolute Gasteiger partial charge is 0.493 e. The van der Waals surface area contributed by atoms with Crippen molar-refractivity contribution in [1.29, 1.82) is 0 Å². The van der Waals surface area contributed by atoms with Gasteiger partial charge in [0, 0.05) is 12.1 Å². The lowest BCUT2D eigenvalue weighted by molar-refractivity contribution is -0.119. The predicted octanol–water partition coefficient (Wildman–Crippen LogP) is 4.79. The van der Waals surface area contributed by atoms with Gasteiger partial charge in [-0.05, 0) is 51.7 Å². The van der Waals surface area contributed by atoms with Crippen LogP contribution in [0.15, 0.2) is 29.4 Å². The average Bonchev–Trinajstić information content (AvgIpc) is 3.19. The highest BCUT2D eigenvalue weighted by atomic mass is 32.2. The number of hydrogen-bond acceptors (Lipinski definition) is 6. The molecule has 8 heteroatoms. The molecule has 1 aromatic heterocycles. The van der Waals surface area contributed by atoms with Crippen molar-refractivity contribution in [2.45, 2.75) is 76.7 Å². The lowest BCUT2D eigenvalue weighted by Gasteiger charge is -2.29. The summed E-state index contributed by atoms with van der Waals surface area (Å²) in [6.45, 7) is 8.33. The zero-order chi connectivity index (χ0) is 22.4. The summed E-state index contributed by atoms with van der Waals surface area (Å²) >= 11 is 1.42. The number of carbonyl (C=O) groups is 1. The van der Waals surface area contributed by atoms with Gasteiger partial charge in [-0.3, -0.25) is 4.79 Å². The van der Waals surface area contributed by atoms with E-state index in [9.17, 15) is 4.79 Å². The molecule has 1 saturated carbocycles. The van der Waals surface area contributed by atoms with Crippen molar-refractivity contribution in [3.63, 3.8) is 0 Å². The van der Waals surface area contributed by atoms with Gasteiger partial charge in [-0.2, -0.15) is 0 Å². The molecule has 170 valence electrons. The van der Waals surface area contributed by atoms with E-state index in [2.05, 4.69) is 36.3 Å². The molecule has 0 bridgehead atoms. The fraction of sp³-hybridized carbons (Fsp3) is 0.609. The maximum absolute atomic E-state index is 12.5. The topological polar surface area (TPSA) is 78.3 Å². The molecule has 1 aliphatic rings. The molecule has 1 aromatic carbocycles. The number of thioether (sulfide) groups is 1. The number of methoxy groups -OCH3 is 1. The van der Waals surface area contributed by atoms with Crippen molar-refractivity contribution in [2.24, 2.45) is 5.92 Å². The van der Waals surface area contributed by atoms with E-state index in [0.717, 1.165) is 17.4 Å². The first-order valence-electron chi connectivity index (χ1n) is 11.1. The minimum Gasteiger partial charge on any atom is -0.493 e. The number of benzene rings is 1. The van der Waals surface area contributed by atoms with Gasteiger partial charge in [0.2, 0.25) is 5.91 Å². The summed E-state index contributed by atoms with van der Waals surface area (Å²) in [6, 6.07) is 7.97. The Kier molecular flexibility index (Phi) is 8.23. The Morgan fingerprint density at radius 3 is 2.58 bits per heavy atom. The molecular formula is C23H34N4O3S. The van der Waals surface area contributed by atoms with Gasteiger partial charge in [0.05, 0.1) is 12.9 Å². The first-order chi connectivity index (χ1) is 14.9. The van der Waals surface area contributed by atoms with Crippen LogP contribution in [-0.2, 0) is 4.79 Å². The summed E-state index contributed by atoms with van der Waals surface area (Å²) in [6.07, 6.45) is 4.39. The molecule has 1 fully saturated rings. The maximum Gasteiger partial charge on any atom is 0.230 e. The molecule has 2 aromatic rings. The minimum atomic E-state index is -0.322. The van der Waals surface area contributed by atoms with E-state index >= 15 is 0 Å². The van der Waals surface area contributed by atoms with Crippen molar-refractivity contribution in [2.75, 3.05) is 12.9 Å². The first kappa shape index (κ1) is 23.4. The van der Waals surface area contributed by atoms with Gasteiger partial charge >= 0.3 is 0 Å². The number of ether oxygens (including phenoxy) is 2. The Morgan fingerprint density at radius 2 is 1.90 bits per heavy atom. The normalized spacial score (nSPS) is 19.8. The van der Waals surface area contributed by atoms with Crippen molar-refractivity contribution in [3.8, 4) is 11.5 Å². The SMILES string of the molecule is COc1ccccc1OC(C)c1nnc(SCC(=O)NC2CCCCC2C)n1C(C)C. The van der Waals surface area contributed by atoms with Crippen molar-refractivity contribution in [3.05, 3.63) is 30.1 Å². The quantitative estimate of drug-likeness (QED) is 0.558. The molecule has 7 nitrogen and oxygen atoms in total. The van der Waals surface area contributed by atoms with E-state index in [4.69, 9.17) is 9.47 Å². The summed E-state index contributed by atoms with van der Waals surface area (Å²) in [5.74, 6) is 2.99. The Labute approximate surface area is 189 Å². The molecule has 0 radical (unpaired) electrons. The van der Waals surface area contributed by atoms with Crippen LogP contribution in [0.25, 0.3) is 0 Å². The minimum absolute atomic E-state index is 0.0573. The van der Waals surface area contributed by atoms with Gasteiger partial charge in [-0.25, -0.2) is 0 Å². The van der Waals surface area contributed by atoms with Crippen LogP contribution in [0.4, 0.5) is 0 Å². The van der Waals surface area contributed by atoms with E-state index in [1.54, 1.807) is 7.11 Å². The molecule has 0 aliphatic heterocycles. The molecule has 1 N–H and O–H groups in total. The zero-order valence-corrected chi connectivity index (χ0v) is 19.9. The van der Waals surface area contributed by atoms with Crippen molar-refractivity contribution >= 4 is 17.7 Å². The Morgan fingerprint density at radius 1 is 1.19 bits per heavy atom. The number of hydrogen-bond donors (Lipinski definition) is 1. The standard InChI is InChI=1S/C23H34N4O3S/c1-15(2)27-22(17(4)30-20-13-9-8-12-19(20)29-5)25-26-23(27)31-14-21(28)24-18-11-7-6-10-16(18)3/h8-9,12-13,15-18H,6-7,10-11,14H2,1-5H3,(H,24,28). The highest BCUT2D eigenvalue weighted by Crippen LogP contribution is 2.32. The van der Waals surface area contributed by atoms with Gasteiger partial charge in [0.25, 0.3) is 0 Å². The highest BCUT2D eigenvalue weighted by Gasteiger charge is 2.25. The molecule has 0 saturated heterocycles. The lowest BCUT2D eigenvalue weighted by Crippen LogP contribution is -2.41. The molecular weight excluding hydrogens is 412 g/mol. The third kappa shape index (κ3) is 5.93. The van der Waals surface area contributed by atoms with Gasteiger partial charge in [-0.15, -0.1) is 10.2 Å². The lowest BCUT2D eigenvalue weighted by atomic mass is 9.86. The van der Waals surface area contributed by atoms with Crippen LogP contribution in [-0.4, -0.2) is 39.6 Å². The second kappa shape index (κ2) is 10.9. The van der Waals surface area contributed by atoms with E-state index < -0.39 is 0 Å². The zero-order valence-electron chi connectivity index (χ0n) is 19.1. The van der Waals surface area contributed by atoms with Crippen LogP contribution < -0.4 is 14.8 Å². The molecule has 1 amide bonds. The summed E-state index contributed by atoms with van der Waals surface area (Å²) in [5, 5.41) is 12.7. The number of nitrogens with zero attached hydrogens (tertiary/aromatic N) is 3. The van der Waals surface area contributed by atoms with Crippen LogP contribution in [0.2, 0.25) is 0 Å². The van der Waals surface area contributed by atoms with Crippen LogP contribution in [0.5, 0.6) is 11.5 Å². The summed E-state index contributed by atoms with van der Waals surface area (Å²) < 4.78 is 13.6. The van der Waals surface area contributed by atoms with Crippen LogP contribution in [0, 0.1) is 5.92 Å². The fourth-order valence-electron chi connectivity index (χ4n) is 4.02. The third-order valence-corrected chi connectivity index (χ3v) is 6.68. The Hall–Kier alpha value is -2.22. The van der Waals surface area contributed by atoms with Crippen molar-refractivity contribution in [1.82, 2.24) is 20.1 Å². The third-order valence-electron chi connectivity index (χ3n) is 5.73. The van der Waals surface area contributed by atoms with Gasteiger partial charge < -0.3 is 19.4 Å². The molecule has 0 spiro atoms. The number of para-hydroxylation sites is 2. The molecule has 3 unspecified atom stereocenters. The monoisotopic (exact) mass is 446 g/mol. The van der Waals surface area contributed by atoms with E-state index in [1.807, 2.05) is 35.8 Å². The second-order valence-corrected chi connectivity index (χ2v) is 9.38. The van der Waals surface area contributed by atoms with E-state index in [-0.39, 0.29) is 24.1 Å². The Balaban J connectivity index is 1.66. The molecule has 1 aliphatic carbocycles. The summed E-state index contributed by atoms with van der Waals surface area (Å²) in [5.41, 5.74) is 0. The van der Waals surface area contributed by atoms with Gasteiger partial charge in [0.15, 0.2) is 28.6 Å². The van der Waals surface area contributed by atoms with Crippen molar-refractivity contribution < 1.29 is 14.3 Å².